The zero-order valence-corrected chi connectivity index (χ0v) is 10.7. The molecule has 17 heavy (non-hydrogen) atoms. The molecule has 0 atom stereocenters. The number of hydrogen-bond acceptors (Lipinski definition) is 3. The highest BCUT2D eigenvalue weighted by atomic mass is 32.1. The van der Waals surface area contributed by atoms with Gasteiger partial charge in [-0.05, 0) is 12.1 Å². The summed E-state index contributed by atoms with van der Waals surface area (Å²) in [5.41, 5.74) is 1.84. The van der Waals surface area contributed by atoms with E-state index in [0.29, 0.717) is 6.04 Å². The molecule has 2 aromatic rings. The lowest BCUT2D eigenvalue weighted by molar-refractivity contribution is 0.583. The van der Waals surface area contributed by atoms with Gasteiger partial charge < -0.3 is 5.32 Å². The predicted octanol–water partition coefficient (Wildman–Crippen LogP) is 3.45. The normalized spacial score (nSPS) is 11.1. The van der Waals surface area contributed by atoms with Crippen molar-refractivity contribution in [1.29, 1.82) is 0 Å². The molecule has 0 aliphatic rings. The van der Waals surface area contributed by atoms with Crippen molar-refractivity contribution in [3.05, 3.63) is 41.2 Å². The minimum absolute atomic E-state index is 0.223. The van der Waals surface area contributed by atoms with Crippen LogP contribution in [-0.2, 0) is 6.54 Å². The van der Waals surface area contributed by atoms with Crippen LogP contribution in [0.15, 0.2) is 29.6 Å². The third-order valence-corrected chi connectivity index (χ3v) is 3.25. The first-order valence-electron chi connectivity index (χ1n) is 5.59. The number of nitrogens with one attached hydrogen (secondary N) is 1. The minimum Gasteiger partial charge on any atom is -0.309 e. The molecule has 0 spiro atoms. The summed E-state index contributed by atoms with van der Waals surface area (Å²) >= 11 is 1.55. The van der Waals surface area contributed by atoms with Crippen molar-refractivity contribution < 1.29 is 4.39 Å². The van der Waals surface area contributed by atoms with Crippen molar-refractivity contribution in [3.63, 3.8) is 0 Å². The van der Waals surface area contributed by atoms with E-state index in [-0.39, 0.29) is 5.82 Å². The quantitative estimate of drug-likeness (QED) is 0.899. The molecule has 90 valence electrons. The maximum atomic E-state index is 13.1. The lowest BCUT2D eigenvalue weighted by Crippen LogP contribution is -2.21. The monoisotopic (exact) mass is 250 g/mol. The maximum Gasteiger partial charge on any atom is 0.123 e. The molecule has 1 aromatic carbocycles. The number of hydrogen-bond donors (Lipinski definition) is 1. The van der Waals surface area contributed by atoms with Crippen LogP contribution >= 0.6 is 11.3 Å². The highest BCUT2D eigenvalue weighted by Crippen LogP contribution is 2.24. The highest BCUT2D eigenvalue weighted by molar-refractivity contribution is 7.13. The van der Waals surface area contributed by atoms with Crippen LogP contribution in [0.5, 0.6) is 0 Å². The fourth-order valence-electron chi connectivity index (χ4n) is 1.45. The van der Waals surface area contributed by atoms with Gasteiger partial charge in [-0.25, -0.2) is 9.37 Å². The topological polar surface area (TPSA) is 24.9 Å². The number of thiazole rings is 1. The van der Waals surface area contributed by atoms with Crippen molar-refractivity contribution in [2.45, 2.75) is 26.4 Å². The lowest BCUT2D eigenvalue weighted by atomic mass is 10.2. The average Bonchev–Trinajstić information content (AvgIpc) is 2.75. The van der Waals surface area contributed by atoms with E-state index in [2.05, 4.69) is 24.1 Å². The molecule has 0 saturated carbocycles. The van der Waals surface area contributed by atoms with E-state index in [1.807, 2.05) is 11.4 Å². The summed E-state index contributed by atoms with van der Waals surface area (Å²) in [6.45, 7) is 4.95. The van der Waals surface area contributed by atoms with E-state index < -0.39 is 0 Å². The molecule has 1 heterocycles. The van der Waals surface area contributed by atoms with E-state index in [9.17, 15) is 4.39 Å². The first-order chi connectivity index (χ1) is 8.15. The maximum absolute atomic E-state index is 13.1. The molecule has 0 amide bonds. The Morgan fingerprint density at radius 1 is 1.41 bits per heavy atom. The summed E-state index contributed by atoms with van der Waals surface area (Å²) in [4.78, 5) is 4.48. The van der Waals surface area contributed by atoms with Crippen molar-refractivity contribution in [3.8, 4) is 10.6 Å². The summed E-state index contributed by atoms with van der Waals surface area (Å²) < 4.78 is 13.1. The molecule has 0 unspecified atom stereocenters. The lowest BCUT2D eigenvalue weighted by Gasteiger charge is -2.04. The molecule has 0 radical (unpaired) electrons. The van der Waals surface area contributed by atoms with Crippen molar-refractivity contribution >= 4 is 11.3 Å². The first-order valence-corrected chi connectivity index (χ1v) is 6.47. The van der Waals surface area contributed by atoms with Crippen LogP contribution in [0.2, 0.25) is 0 Å². The first kappa shape index (κ1) is 12.2. The molecule has 1 aromatic heterocycles. The fourth-order valence-corrected chi connectivity index (χ4v) is 2.27. The van der Waals surface area contributed by atoms with Crippen LogP contribution in [0, 0.1) is 5.82 Å². The van der Waals surface area contributed by atoms with Crippen LogP contribution in [-0.4, -0.2) is 11.0 Å². The van der Waals surface area contributed by atoms with Crippen LogP contribution in [0.25, 0.3) is 10.6 Å². The van der Waals surface area contributed by atoms with Crippen LogP contribution in [0.4, 0.5) is 4.39 Å². The van der Waals surface area contributed by atoms with Gasteiger partial charge in [0.2, 0.25) is 0 Å². The summed E-state index contributed by atoms with van der Waals surface area (Å²) in [5, 5.41) is 6.18. The molecule has 1 N–H and O–H groups in total. The molecule has 0 aliphatic carbocycles. The Bertz CT molecular complexity index is 494. The minimum atomic E-state index is -0.223. The Labute approximate surface area is 105 Å². The van der Waals surface area contributed by atoms with Crippen LogP contribution < -0.4 is 5.32 Å². The van der Waals surface area contributed by atoms with Gasteiger partial charge in [0.15, 0.2) is 0 Å². The van der Waals surface area contributed by atoms with Gasteiger partial charge in [0.05, 0.1) is 5.69 Å². The summed E-state index contributed by atoms with van der Waals surface area (Å²) in [5.74, 6) is -0.223. The third kappa shape index (κ3) is 3.35. The molecule has 2 rings (SSSR count). The molecule has 4 heteroatoms. The van der Waals surface area contributed by atoms with E-state index >= 15 is 0 Å². The average molecular weight is 250 g/mol. The van der Waals surface area contributed by atoms with Gasteiger partial charge in [0.1, 0.15) is 10.8 Å². The van der Waals surface area contributed by atoms with E-state index in [1.54, 1.807) is 17.4 Å². The van der Waals surface area contributed by atoms with Gasteiger partial charge >= 0.3 is 0 Å². The van der Waals surface area contributed by atoms with E-state index in [4.69, 9.17) is 0 Å². The SMILES string of the molecule is CC(C)NCc1csc(-c2cccc(F)c2)n1. The number of nitrogens with zero attached hydrogens (tertiary/aromatic N) is 1. The van der Waals surface area contributed by atoms with Crippen LogP contribution in [0.3, 0.4) is 0 Å². The Morgan fingerprint density at radius 2 is 2.24 bits per heavy atom. The van der Waals surface area contributed by atoms with Crippen molar-refractivity contribution in [1.82, 2.24) is 10.3 Å². The molecule has 0 fully saturated rings. The molecular weight excluding hydrogens is 235 g/mol. The fraction of sp³-hybridized carbons (Fsp3) is 0.308. The Morgan fingerprint density at radius 3 is 2.94 bits per heavy atom. The second-order valence-corrected chi connectivity index (χ2v) is 5.05. The van der Waals surface area contributed by atoms with Gasteiger partial charge in [-0.2, -0.15) is 0 Å². The third-order valence-electron chi connectivity index (χ3n) is 2.31. The Kier molecular flexibility index (Phi) is 3.86. The molecule has 0 saturated heterocycles. The van der Waals surface area contributed by atoms with Crippen LogP contribution in [0.1, 0.15) is 19.5 Å². The Hall–Kier alpha value is -1.26. The molecule has 0 aliphatic heterocycles. The zero-order valence-electron chi connectivity index (χ0n) is 9.90. The van der Waals surface area contributed by atoms with Crippen molar-refractivity contribution in [2.75, 3.05) is 0 Å². The summed E-state index contributed by atoms with van der Waals surface area (Å²) in [6, 6.07) is 6.98. The molecule has 0 bridgehead atoms. The van der Waals surface area contributed by atoms with E-state index in [0.717, 1.165) is 22.8 Å². The number of benzene rings is 1. The smallest absolute Gasteiger partial charge is 0.123 e. The summed E-state index contributed by atoms with van der Waals surface area (Å²) in [6.07, 6.45) is 0. The zero-order chi connectivity index (χ0) is 12.3. The summed E-state index contributed by atoms with van der Waals surface area (Å²) in [7, 11) is 0. The Balaban J connectivity index is 2.12. The van der Waals surface area contributed by atoms with Gasteiger partial charge in [0, 0.05) is 23.5 Å². The van der Waals surface area contributed by atoms with Gasteiger partial charge in [-0.1, -0.05) is 26.0 Å². The van der Waals surface area contributed by atoms with Gasteiger partial charge in [-0.3, -0.25) is 0 Å². The number of halogens is 1. The van der Waals surface area contributed by atoms with Crippen molar-refractivity contribution in [2.24, 2.45) is 0 Å². The second kappa shape index (κ2) is 5.38. The standard InChI is InChI=1S/C13H15FN2S/c1-9(2)15-7-12-8-17-13(16-12)10-4-3-5-11(14)6-10/h3-6,8-9,15H,7H2,1-2H3. The predicted molar refractivity (Wildman–Crippen MR) is 69.5 cm³/mol. The largest absolute Gasteiger partial charge is 0.309 e. The number of aromatic nitrogens is 1. The molecular formula is C13H15FN2S. The molecule has 2 nitrogen and oxygen atoms in total. The second-order valence-electron chi connectivity index (χ2n) is 4.19. The highest BCUT2D eigenvalue weighted by Gasteiger charge is 2.05. The van der Waals surface area contributed by atoms with Gasteiger partial charge in [0.25, 0.3) is 0 Å². The van der Waals surface area contributed by atoms with E-state index in [1.165, 1.54) is 12.1 Å². The number of rotatable bonds is 4. The van der Waals surface area contributed by atoms with Gasteiger partial charge in [-0.15, -0.1) is 11.3 Å².